The Morgan fingerprint density at radius 2 is 1.57 bits per heavy atom. The van der Waals surface area contributed by atoms with E-state index in [0.717, 1.165) is 26.3 Å². The molecule has 0 radical (unpaired) electrons. The van der Waals surface area contributed by atoms with Crippen molar-refractivity contribution in [2.45, 2.75) is 38.4 Å². The van der Waals surface area contributed by atoms with E-state index in [9.17, 15) is 0 Å². The van der Waals surface area contributed by atoms with Crippen LogP contribution in [0, 0.1) is 0 Å². The Morgan fingerprint density at radius 1 is 1.07 bits per heavy atom. The predicted octanol–water partition coefficient (Wildman–Crippen LogP) is 0.800. The molecular weight excluding hydrogens is 176 g/mol. The monoisotopic (exact) mass is 198 g/mol. The molecule has 0 saturated carbocycles. The number of rotatable bonds is 0. The van der Waals surface area contributed by atoms with Crippen molar-refractivity contribution in [1.29, 1.82) is 0 Å². The molecule has 82 valence electrons. The molecule has 2 bridgehead atoms. The first-order chi connectivity index (χ1) is 6.48. The zero-order valence-corrected chi connectivity index (χ0v) is 9.79. The normalized spacial score (nSPS) is 36.0. The molecule has 0 amide bonds. The fourth-order valence-electron chi connectivity index (χ4n) is 2.37. The first kappa shape index (κ1) is 10.4. The van der Waals surface area contributed by atoms with Crippen LogP contribution >= 0.6 is 0 Å². The molecule has 0 aromatic heterocycles. The minimum absolute atomic E-state index is 0.301. The molecule has 3 heteroatoms. The van der Waals surface area contributed by atoms with Gasteiger partial charge in [-0.15, -0.1) is 0 Å². The number of piperazine rings is 1. The molecule has 14 heavy (non-hydrogen) atoms. The summed E-state index contributed by atoms with van der Waals surface area (Å²) >= 11 is 0. The summed E-state index contributed by atoms with van der Waals surface area (Å²) in [6.45, 7) is 11.0. The van der Waals surface area contributed by atoms with Gasteiger partial charge >= 0.3 is 0 Å². The molecule has 0 aromatic carbocycles. The highest BCUT2D eigenvalue weighted by atomic mass is 16.5. The summed E-state index contributed by atoms with van der Waals surface area (Å²) in [7, 11) is 2.23. The van der Waals surface area contributed by atoms with Gasteiger partial charge in [-0.2, -0.15) is 0 Å². The van der Waals surface area contributed by atoms with E-state index in [1.807, 2.05) is 0 Å². The topological polar surface area (TPSA) is 15.7 Å². The highest BCUT2D eigenvalue weighted by Gasteiger charge is 2.38. The standard InChI is InChI=1S/C11H22N2O/c1-11(2,3)13-5-9-7-14-8-10(6-13)12(9)4/h9-10H,5-8H2,1-4H3. The van der Waals surface area contributed by atoms with Crippen molar-refractivity contribution in [2.75, 3.05) is 33.4 Å². The van der Waals surface area contributed by atoms with Gasteiger partial charge in [0, 0.05) is 30.7 Å². The maximum atomic E-state index is 5.60. The van der Waals surface area contributed by atoms with Crippen LogP contribution in [0.5, 0.6) is 0 Å². The average Bonchev–Trinajstić information content (AvgIpc) is 2.00. The summed E-state index contributed by atoms with van der Waals surface area (Å²) in [6, 6.07) is 1.20. The van der Waals surface area contributed by atoms with Crippen molar-refractivity contribution in [3.05, 3.63) is 0 Å². The molecule has 0 aromatic rings. The van der Waals surface area contributed by atoms with Crippen molar-refractivity contribution in [1.82, 2.24) is 9.80 Å². The van der Waals surface area contributed by atoms with Crippen LogP contribution in [0.15, 0.2) is 0 Å². The largest absolute Gasteiger partial charge is 0.378 e. The fourth-order valence-corrected chi connectivity index (χ4v) is 2.37. The highest BCUT2D eigenvalue weighted by Crippen LogP contribution is 2.24. The predicted molar refractivity (Wildman–Crippen MR) is 57.5 cm³/mol. The van der Waals surface area contributed by atoms with Crippen LogP contribution < -0.4 is 0 Å². The van der Waals surface area contributed by atoms with Gasteiger partial charge in [-0.25, -0.2) is 0 Å². The minimum atomic E-state index is 0.301. The van der Waals surface area contributed by atoms with Gasteiger partial charge in [0.1, 0.15) is 0 Å². The Hall–Kier alpha value is -0.120. The lowest BCUT2D eigenvalue weighted by Crippen LogP contribution is -2.66. The third kappa shape index (κ3) is 1.81. The van der Waals surface area contributed by atoms with Gasteiger partial charge < -0.3 is 4.74 Å². The molecule has 2 aliphatic rings. The van der Waals surface area contributed by atoms with Crippen molar-refractivity contribution >= 4 is 0 Å². The summed E-state index contributed by atoms with van der Waals surface area (Å²) < 4.78 is 5.60. The van der Waals surface area contributed by atoms with Crippen molar-refractivity contribution in [3.8, 4) is 0 Å². The molecule has 0 aliphatic carbocycles. The van der Waals surface area contributed by atoms with Gasteiger partial charge in [0.15, 0.2) is 0 Å². The average molecular weight is 198 g/mol. The van der Waals surface area contributed by atoms with Crippen LogP contribution in [-0.2, 0) is 4.74 Å². The molecule has 2 rings (SSSR count). The van der Waals surface area contributed by atoms with Crippen LogP contribution in [-0.4, -0.2) is 60.8 Å². The van der Waals surface area contributed by atoms with Crippen LogP contribution in [0.4, 0.5) is 0 Å². The number of hydrogen-bond acceptors (Lipinski definition) is 3. The van der Waals surface area contributed by atoms with Crippen molar-refractivity contribution in [2.24, 2.45) is 0 Å². The van der Waals surface area contributed by atoms with Gasteiger partial charge in [-0.3, -0.25) is 9.80 Å². The van der Waals surface area contributed by atoms with E-state index >= 15 is 0 Å². The van der Waals surface area contributed by atoms with Gasteiger partial charge in [0.05, 0.1) is 13.2 Å². The summed E-state index contributed by atoms with van der Waals surface area (Å²) in [4.78, 5) is 5.08. The second-order valence-corrected chi connectivity index (χ2v) is 5.59. The van der Waals surface area contributed by atoms with Crippen LogP contribution in [0.25, 0.3) is 0 Å². The summed E-state index contributed by atoms with van der Waals surface area (Å²) in [5.74, 6) is 0. The first-order valence-electron chi connectivity index (χ1n) is 5.53. The Labute approximate surface area is 87.0 Å². The number of hydrogen-bond donors (Lipinski definition) is 0. The molecule has 3 nitrogen and oxygen atoms in total. The lowest BCUT2D eigenvalue weighted by molar-refractivity contribution is -0.103. The molecule has 2 atom stereocenters. The van der Waals surface area contributed by atoms with E-state index in [0.29, 0.717) is 17.6 Å². The zero-order valence-electron chi connectivity index (χ0n) is 9.79. The Kier molecular flexibility index (Phi) is 2.58. The Morgan fingerprint density at radius 3 is 2.00 bits per heavy atom. The van der Waals surface area contributed by atoms with Crippen LogP contribution in [0.2, 0.25) is 0 Å². The molecule has 2 saturated heterocycles. The summed E-state index contributed by atoms with van der Waals surface area (Å²) in [5, 5.41) is 0. The van der Waals surface area contributed by atoms with E-state index in [4.69, 9.17) is 4.74 Å². The molecule has 2 heterocycles. The summed E-state index contributed by atoms with van der Waals surface area (Å²) in [5.41, 5.74) is 0.301. The lowest BCUT2D eigenvalue weighted by Gasteiger charge is -2.52. The number of nitrogens with zero attached hydrogens (tertiary/aromatic N) is 2. The van der Waals surface area contributed by atoms with E-state index in [-0.39, 0.29) is 0 Å². The minimum Gasteiger partial charge on any atom is -0.378 e. The van der Waals surface area contributed by atoms with E-state index in [1.165, 1.54) is 0 Å². The molecule has 0 N–H and O–H groups in total. The van der Waals surface area contributed by atoms with E-state index in [2.05, 4.69) is 37.6 Å². The number of fused-ring (bicyclic) bond motifs is 2. The van der Waals surface area contributed by atoms with Crippen LogP contribution in [0.3, 0.4) is 0 Å². The maximum Gasteiger partial charge on any atom is 0.0635 e. The van der Waals surface area contributed by atoms with Crippen molar-refractivity contribution < 1.29 is 4.74 Å². The SMILES string of the molecule is CN1C2COCC1CN(C(C)(C)C)C2. The second kappa shape index (κ2) is 3.47. The van der Waals surface area contributed by atoms with Gasteiger partial charge in [0.25, 0.3) is 0 Å². The van der Waals surface area contributed by atoms with E-state index in [1.54, 1.807) is 0 Å². The van der Waals surface area contributed by atoms with Gasteiger partial charge in [-0.05, 0) is 27.8 Å². The van der Waals surface area contributed by atoms with E-state index < -0.39 is 0 Å². The third-order valence-corrected chi connectivity index (χ3v) is 3.58. The highest BCUT2D eigenvalue weighted by molar-refractivity contribution is 4.94. The fraction of sp³-hybridized carbons (Fsp3) is 1.00. The molecule has 2 aliphatic heterocycles. The number of likely N-dealkylation sites (N-methyl/N-ethyl adjacent to an activating group) is 1. The molecule has 2 unspecified atom stereocenters. The van der Waals surface area contributed by atoms with Gasteiger partial charge in [-0.1, -0.05) is 0 Å². The van der Waals surface area contributed by atoms with Crippen LogP contribution in [0.1, 0.15) is 20.8 Å². The smallest absolute Gasteiger partial charge is 0.0635 e. The molecule has 0 spiro atoms. The quantitative estimate of drug-likeness (QED) is 0.572. The molecule has 2 fully saturated rings. The third-order valence-electron chi connectivity index (χ3n) is 3.58. The number of ether oxygens (including phenoxy) is 1. The Bertz CT molecular complexity index is 198. The second-order valence-electron chi connectivity index (χ2n) is 5.59. The Balaban J connectivity index is 2.08. The van der Waals surface area contributed by atoms with Crippen molar-refractivity contribution in [3.63, 3.8) is 0 Å². The maximum absolute atomic E-state index is 5.60. The number of morpholine rings is 1. The van der Waals surface area contributed by atoms with Gasteiger partial charge in [0.2, 0.25) is 0 Å². The summed E-state index contributed by atoms with van der Waals surface area (Å²) in [6.07, 6.45) is 0. The first-order valence-corrected chi connectivity index (χ1v) is 5.53. The molecular formula is C11H22N2O. The lowest BCUT2D eigenvalue weighted by atomic mass is 9.98. The zero-order chi connectivity index (χ0) is 10.3.